The van der Waals surface area contributed by atoms with Crippen LogP contribution in [0.3, 0.4) is 0 Å². The highest BCUT2D eigenvalue weighted by molar-refractivity contribution is 5.91. The van der Waals surface area contributed by atoms with Crippen molar-refractivity contribution in [3.05, 3.63) is 59.4 Å². The Hall–Kier alpha value is -3.58. The van der Waals surface area contributed by atoms with Crippen LogP contribution in [0.15, 0.2) is 42.6 Å². The molecule has 0 amide bonds. The van der Waals surface area contributed by atoms with E-state index in [0.29, 0.717) is 17.9 Å². The highest BCUT2D eigenvalue weighted by Crippen LogP contribution is 2.36. The van der Waals surface area contributed by atoms with E-state index in [1.807, 2.05) is 37.5 Å². The average Bonchev–Trinajstić information content (AvgIpc) is 2.89. The van der Waals surface area contributed by atoms with Crippen LogP contribution in [-0.2, 0) is 12.8 Å². The molecule has 0 radical (unpaired) electrons. The van der Waals surface area contributed by atoms with Crippen LogP contribution in [0.4, 0.5) is 5.82 Å². The summed E-state index contributed by atoms with van der Waals surface area (Å²) in [6.07, 6.45) is 4.59. The maximum atomic E-state index is 5.63. The van der Waals surface area contributed by atoms with Gasteiger partial charge in [0.2, 0.25) is 0 Å². The van der Waals surface area contributed by atoms with Crippen molar-refractivity contribution in [3.63, 3.8) is 0 Å². The molecule has 7 nitrogen and oxygen atoms in total. The lowest BCUT2D eigenvalue weighted by Gasteiger charge is -2.17. The maximum absolute atomic E-state index is 5.63. The van der Waals surface area contributed by atoms with Gasteiger partial charge < -0.3 is 24.8 Å². The summed E-state index contributed by atoms with van der Waals surface area (Å²) in [5.74, 6) is 3.12. The number of ether oxygens (including phenoxy) is 3. The Morgan fingerprint density at radius 2 is 1.63 bits per heavy atom. The van der Waals surface area contributed by atoms with Gasteiger partial charge in [-0.3, -0.25) is 4.98 Å². The molecule has 0 fully saturated rings. The van der Waals surface area contributed by atoms with Gasteiger partial charge in [0, 0.05) is 42.2 Å². The second-order valence-electron chi connectivity index (χ2n) is 8.49. The minimum atomic E-state index is 0.674. The fourth-order valence-electron chi connectivity index (χ4n) is 4.38. The number of rotatable bonds is 11. The molecule has 0 saturated carbocycles. The lowest BCUT2D eigenvalue weighted by atomic mass is 9.97. The van der Waals surface area contributed by atoms with E-state index < -0.39 is 0 Å². The topological polar surface area (TPSA) is 77.5 Å². The molecule has 0 saturated heterocycles. The van der Waals surface area contributed by atoms with Crippen LogP contribution >= 0.6 is 0 Å². The second-order valence-corrected chi connectivity index (χ2v) is 8.49. The normalized spacial score (nSPS) is 11.1. The molecule has 7 heteroatoms. The van der Waals surface area contributed by atoms with Crippen molar-refractivity contribution in [2.75, 3.05) is 46.8 Å². The van der Waals surface area contributed by atoms with Gasteiger partial charge in [0.25, 0.3) is 0 Å². The van der Waals surface area contributed by atoms with E-state index in [1.165, 1.54) is 0 Å². The summed E-state index contributed by atoms with van der Waals surface area (Å²) in [6, 6.07) is 12.3. The van der Waals surface area contributed by atoms with Gasteiger partial charge >= 0.3 is 0 Å². The smallest absolute Gasteiger partial charge is 0.161 e. The predicted octanol–water partition coefficient (Wildman–Crippen LogP) is 4.98. The molecule has 0 aliphatic rings. The summed E-state index contributed by atoms with van der Waals surface area (Å²) in [5.41, 5.74) is 4.21. The van der Waals surface area contributed by atoms with E-state index in [1.54, 1.807) is 21.3 Å². The maximum Gasteiger partial charge on any atom is 0.161 e. The molecule has 2 aromatic carbocycles. The zero-order valence-corrected chi connectivity index (χ0v) is 21.2. The summed E-state index contributed by atoms with van der Waals surface area (Å²) in [5, 5.41) is 9.95. The molecule has 4 aromatic rings. The minimum absolute atomic E-state index is 0.674. The molecular formula is C28H34N4O3. The fourth-order valence-corrected chi connectivity index (χ4v) is 4.38. The standard InChI is InChI=1S/C28H34N4O3/c1-6-7-25-23-16-27(35-5)26(34-4)15-22(23)20(17-31-25)13-19-12-18-14-21(33-3)8-9-24(18)32-28(19)30-11-10-29-2/h8-9,12,14-17,29H,6-7,10-11,13H2,1-5H3,(H,30,32). The van der Waals surface area contributed by atoms with Gasteiger partial charge in [-0.1, -0.05) is 13.3 Å². The number of aryl methyl sites for hydroxylation is 1. The van der Waals surface area contributed by atoms with Gasteiger partial charge in [-0.2, -0.15) is 0 Å². The van der Waals surface area contributed by atoms with E-state index in [9.17, 15) is 0 Å². The van der Waals surface area contributed by atoms with Crippen LogP contribution in [-0.4, -0.2) is 51.4 Å². The molecule has 0 spiro atoms. The number of pyridine rings is 2. The van der Waals surface area contributed by atoms with Gasteiger partial charge in [-0.25, -0.2) is 4.98 Å². The van der Waals surface area contributed by atoms with Gasteiger partial charge in [0.05, 0.1) is 26.8 Å². The Bertz CT molecular complexity index is 1320. The molecule has 0 unspecified atom stereocenters. The minimum Gasteiger partial charge on any atom is -0.497 e. The Labute approximate surface area is 206 Å². The Morgan fingerprint density at radius 1 is 0.857 bits per heavy atom. The summed E-state index contributed by atoms with van der Waals surface area (Å²) in [4.78, 5) is 9.80. The molecule has 0 aliphatic carbocycles. The van der Waals surface area contributed by atoms with Crippen LogP contribution in [0, 0.1) is 0 Å². The average molecular weight is 475 g/mol. The molecule has 184 valence electrons. The molecule has 2 aromatic heterocycles. The van der Waals surface area contributed by atoms with E-state index in [0.717, 1.165) is 76.0 Å². The number of hydrogen-bond donors (Lipinski definition) is 2. The number of fused-ring (bicyclic) bond motifs is 2. The van der Waals surface area contributed by atoms with Crippen molar-refractivity contribution in [2.45, 2.75) is 26.2 Å². The summed E-state index contributed by atoms with van der Waals surface area (Å²) >= 11 is 0. The number of benzene rings is 2. The SMILES string of the molecule is CCCc1ncc(Cc2cc3cc(OC)ccc3nc2NCCNC)c2cc(OC)c(OC)cc12. The number of methoxy groups -OCH3 is 3. The number of nitrogens with one attached hydrogen (secondary N) is 2. The number of hydrogen-bond acceptors (Lipinski definition) is 7. The number of aromatic nitrogens is 2. The van der Waals surface area contributed by atoms with Gasteiger partial charge in [-0.15, -0.1) is 0 Å². The summed E-state index contributed by atoms with van der Waals surface area (Å²) in [7, 11) is 6.96. The van der Waals surface area contributed by atoms with Gasteiger partial charge in [-0.05, 0) is 66.4 Å². The van der Waals surface area contributed by atoms with Crippen LogP contribution in [0.5, 0.6) is 17.2 Å². The predicted molar refractivity (Wildman–Crippen MR) is 142 cm³/mol. The van der Waals surface area contributed by atoms with Crippen LogP contribution in [0.1, 0.15) is 30.2 Å². The van der Waals surface area contributed by atoms with Crippen molar-refractivity contribution >= 4 is 27.5 Å². The lowest BCUT2D eigenvalue weighted by Crippen LogP contribution is -2.19. The lowest BCUT2D eigenvalue weighted by molar-refractivity contribution is 0.356. The molecule has 2 N–H and O–H groups in total. The van der Waals surface area contributed by atoms with Gasteiger partial charge in [0.1, 0.15) is 11.6 Å². The van der Waals surface area contributed by atoms with E-state index in [-0.39, 0.29) is 0 Å². The Balaban J connectivity index is 1.85. The molecule has 0 atom stereocenters. The monoisotopic (exact) mass is 474 g/mol. The highest BCUT2D eigenvalue weighted by Gasteiger charge is 2.16. The molecule has 0 aliphatic heterocycles. The van der Waals surface area contributed by atoms with Crippen molar-refractivity contribution in [3.8, 4) is 17.2 Å². The molecular weight excluding hydrogens is 440 g/mol. The third-order valence-electron chi connectivity index (χ3n) is 6.19. The second kappa shape index (κ2) is 11.2. The first-order valence-corrected chi connectivity index (χ1v) is 12.0. The summed E-state index contributed by atoms with van der Waals surface area (Å²) < 4.78 is 16.7. The van der Waals surface area contributed by atoms with Crippen LogP contribution < -0.4 is 24.8 Å². The van der Waals surface area contributed by atoms with Crippen LogP contribution in [0.25, 0.3) is 21.7 Å². The van der Waals surface area contributed by atoms with Crippen molar-refractivity contribution in [2.24, 2.45) is 0 Å². The number of likely N-dealkylation sites (N-methyl/N-ethyl adjacent to an activating group) is 1. The van der Waals surface area contributed by atoms with Crippen molar-refractivity contribution < 1.29 is 14.2 Å². The first kappa shape index (κ1) is 24.5. The highest BCUT2D eigenvalue weighted by atomic mass is 16.5. The zero-order chi connectivity index (χ0) is 24.8. The van der Waals surface area contributed by atoms with E-state index in [2.05, 4.69) is 29.7 Å². The molecule has 35 heavy (non-hydrogen) atoms. The van der Waals surface area contributed by atoms with E-state index >= 15 is 0 Å². The largest absolute Gasteiger partial charge is 0.497 e. The number of nitrogens with zero attached hydrogens (tertiary/aromatic N) is 2. The molecule has 0 bridgehead atoms. The third-order valence-corrected chi connectivity index (χ3v) is 6.19. The Kier molecular flexibility index (Phi) is 7.87. The van der Waals surface area contributed by atoms with Crippen molar-refractivity contribution in [1.29, 1.82) is 0 Å². The first-order valence-electron chi connectivity index (χ1n) is 12.0. The number of anilines is 1. The van der Waals surface area contributed by atoms with Crippen LogP contribution in [0.2, 0.25) is 0 Å². The first-order chi connectivity index (χ1) is 17.1. The van der Waals surface area contributed by atoms with Crippen molar-refractivity contribution in [1.82, 2.24) is 15.3 Å². The summed E-state index contributed by atoms with van der Waals surface area (Å²) in [6.45, 7) is 3.78. The molecule has 4 rings (SSSR count). The van der Waals surface area contributed by atoms with Gasteiger partial charge in [0.15, 0.2) is 11.5 Å². The third kappa shape index (κ3) is 5.25. The zero-order valence-electron chi connectivity index (χ0n) is 21.2. The quantitative estimate of drug-likeness (QED) is 0.297. The van der Waals surface area contributed by atoms with E-state index in [4.69, 9.17) is 24.2 Å². The Morgan fingerprint density at radius 3 is 2.31 bits per heavy atom. The molecule has 2 heterocycles. The fraction of sp³-hybridized carbons (Fsp3) is 0.357.